The third kappa shape index (κ3) is 4.32. The van der Waals surface area contributed by atoms with Crippen molar-refractivity contribution in [2.45, 2.75) is 12.7 Å². The van der Waals surface area contributed by atoms with Gasteiger partial charge in [-0.1, -0.05) is 29.8 Å². The second kappa shape index (κ2) is 7.45. The Labute approximate surface area is 149 Å². The van der Waals surface area contributed by atoms with Crippen LogP contribution in [0.15, 0.2) is 48.5 Å². The maximum absolute atomic E-state index is 12.7. The van der Waals surface area contributed by atoms with Crippen LogP contribution in [0.25, 0.3) is 0 Å². The van der Waals surface area contributed by atoms with Crippen molar-refractivity contribution in [2.24, 2.45) is 0 Å². The molecule has 0 unspecified atom stereocenters. The van der Waals surface area contributed by atoms with Crippen LogP contribution in [-0.2, 0) is 15.8 Å². The van der Waals surface area contributed by atoms with Gasteiger partial charge in [0, 0.05) is 31.9 Å². The Morgan fingerprint density at radius 2 is 1.68 bits per heavy atom. The molecule has 2 aromatic carbocycles. The summed E-state index contributed by atoms with van der Waals surface area (Å²) >= 11 is 0. The molecule has 0 bridgehead atoms. The Morgan fingerprint density at radius 3 is 2.28 bits per heavy atom. The molecule has 1 aliphatic rings. The van der Waals surface area contributed by atoms with Gasteiger partial charge in [-0.05, 0) is 36.8 Å². The Hall–Kier alpha value is -2.05. The molecule has 5 nitrogen and oxygen atoms in total. The number of hydrogen-bond donors (Lipinski definition) is 0. The summed E-state index contributed by atoms with van der Waals surface area (Å²) in [6.07, 6.45) is 0. The van der Waals surface area contributed by atoms with Gasteiger partial charge in [-0.2, -0.15) is 4.31 Å². The zero-order valence-corrected chi connectivity index (χ0v) is 15.5. The van der Waals surface area contributed by atoms with Crippen molar-refractivity contribution >= 4 is 15.7 Å². The number of ether oxygens (including phenoxy) is 1. The maximum atomic E-state index is 12.7. The van der Waals surface area contributed by atoms with Crippen LogP contribution in [0.4, 0.5) is 5.69 Å². The highest BCUT2D eigenvalue weighted by Gasteiger charge is 2.27. The van der Waals surface area contributed by atoms with Crippen LogP contribution in [0.1, 0.15) is 11.1 Å². The highest BCUT2D eigenvalue weighted by atomic mass is 32.2. The van der Waals surface area contributed by atoms with Gasteiger partial charge in [0.05, 0.1) is 12.9 Å². The van der Waals surface area contributed by atoms with E-state index in [1.54, 1.807) is 11.4 Å². The first kappa shape index (κ1) is 17.8. The van der Waals surface area contributed by atoms with E-state index in [-0.39, 0.29) is 5.75 Å². The maximum Gasteiger partial charge on any atom is 0.218 e. The van der Waals surface area contributed by atoms with Gasteiger partial charge < -0.3 is 9.64 Å². The molecule has 1 heterocycles. The summed E-state index contributed by atoms with van der Waals surface area (Å²) < 4.78 is 32.2. The molecule has 0 saturated carbocycles. The molecule has 6 heteroatoms. The fourth-order valence-electron chi connectivity index (χ4n) is 3.12. The summed E-state index contributed by atoms with van der Waals surface area (Å²) in [7, 11) is -1.64. The lowest BCUT2D eigenvalue weighted by Crippen LogP contribution is -2.49. The monoisotopic (exact) mass is 360 g/mol. The molecule has 1 fully saturated rings. The number of sulfonamides is 1. The van der Waals surface area contributed by atoms with Crippen molar-refractivity contribution < 1.29 is 13.2 Å². The third-order valence-electron chi connectivity index (χ3n) is 4.50. The van der Waals surface area contributed by atoms with Crippen LogP contribution in [0, 0.1) is 6.92 Å². The first-order valence-corrected chi connectivity index (χ1v) is 10.0. The minimum Gasteiger partial charge on any atom is -0.497 e. The van der Waals surface area contributed by atoms with Gasteiger partial charge in [0.25, 0.3) is 0 Å². The molecular weight excluding hydrogens is 336 g/mol. The summed E-state index contributed by atoms with van der Waals surface area (Å²) in [4.78, 5) is 2.21. The Balaban J connectivity index is 1.62. The Bertz CT molecular complexity index is 811. The number of piperazine rings is 1. The van der Waals surface area contributed by atoms with Crippen LogP contribution in [-0.4, -0.2) is 46.0 Å². The number of nitrogens with zero attached hydrogens (tertiary/aromatic N) is 2. The molecule has 0 aliphatic carbocycles. The first-order chi connectivity index (χ1) is 12.0. The lowest BCUT2D eigenvalue weighted by molar-refractivity contribution is 0.384. The highest BCUT2D eigenvalue weighted by molar-refractivity contribution is 7.88. The predicted molar refractivity (Wildman–Crippen MR) is 101 cm³/mol. The van der Waals surface area contributed by atoms with Gasteiger partial charge in [0.1, 0.15) is 5.75 Å². The van der Waals surface area contributed by atoms with E-state index in [4.69, 9.17) is 4.74 Å². The third-order valence-corrected chi connectivity index (χ3v) is 6.35. The van der Waals surface area contributed by atoms with Gasteiger partial charge in [-0.15, -0.1) is 0 Å². The number of hydrogen-bond acceptors (Lipinski definition) is 4. The molecule has 0 spiro atoms. The van der Waals surface area contributed by atoms with Crippen LogP contribution in [0.2, 0.25) is 0 Å². The number of aryl methyl sites for hydroxylation is 1. The molecule has 3 rings (SSSR count). The van der Waals surface area contributed by atoms with E-state index in [1.165, 1.54) is 0 Å². The molecule has 0 amide bonds. The number of benzene rings is 2. The predicted octanol–water partition coefficient (Wildman–Crippen LogP) is 2.66. The van der Waals surface area contributed by atoms with Crippen molar-refractivity contribution in [1.82, 2.24) is 4.31 Å². The quantitative estimate of drug-likeness (QED) is 0.823. The molecule has 0 aromatic heterocycles. The van der Waals surface area contributed by atoms with E-state index in [9.17, 15) is 8.42 Å². The van der Waals surface area contributed by atoms with Crippen LogP contribution < -0.4 is 9.64 Å². The van der Waals surface area contributed by atoms with E-state index in [1.807, 2.05) is 55.5 Å². The summed E-state index contributed by atoms with van der Waals surface area (Å²) in [6.45, 7) is 4.39. The molecule has 0 atom stereocenters. The molecular formula is C19H24N2O3S. The van der Waals surface area contributed by atoms with Gasteiger partial charge in [-0.25, -0.2) is 8.42 Å². The van der Waals surface area contributed by atoms with Crippen molar-refractivity contribution in [1.29, 1.82) is 0 Å². The smallest absolute Gasteiger partial charge is 0.218 e. The zero-order chi connectivity index (χ0) is 17.9. The van der Waals surface area contributed by atoms with Crippen LogP contribution >= 0.6 is 0 Å². The average molecular weight is 360 g/mol. The Kier molecular flexibility index (Phi) is 5.30. The van der Waals surface area contributed by atoms with Crippen molar-refractivity contribution in [3.8, 4) is 5.75 Å². The standard InChI is InChI=1S/C19H24N2O3S/c1-16-4-3-5-17(14-16)15-25(22,23)21-12-10-20(11-13-21)18-6-8-19(24-2)9-7-18/h3-9,14H,10-13,15H2,1-2H3. The lowest BCUT2D eigenvalue weighted by atomic mass is 10.2. The number of methoxy groups -OCH3 is 1. The Morgan fingerprint density at radius 1 is 1.00 bits per heavy atom. The topological polar surface area (TPSA) is 49.9 Å². The SMILES string of the molecule is COc1ccc(N2CCN(S(=O)(=O)Cc3cccc(C)c3)CC2)cc1. The minimum atomic E-state index is -3.28. The van der Waals surface area contributed by atoms with Crippen LogP contribution in [0.5, 0.6) is 5.75 Å². The van der Waals surface area contributed by atoms with Crippen LogP contribution in [0.3, 0.4) is 0 Å². The molecule has 1 saturated heterocycles. The van der Waals surface area contributed by atoms with Crippen molar-refractivity contribution in [2.75, 3.05) is 38.2 Å². The summed E-state index contributed by atoms with van der Waals surface area (Å²) in [5.74, 6) is 0.889. The van der Waals surface area contributed by atoms with Gasteiger partial charge in [0.2, 0.25) is 10.0 Å². The number of rotatable bonds is 5. The largest absolute Gasteiger partial charge is 0.497 e. The molecule has 0 radical (unpaired) electrons. The van der Waals surface area contributed by atoms with E-state index >= 15 is 0 Å². The van der Waals surface area contributed by atoms with E-state index in [0.717, 1.165) is 22.6 Å². The minimum absolute atomic E-state index is 0.0667. The molecule has 2 aromatic rings. The van der Waals surface area contributed by atoms with E-state index in [2.05, 4.69) is 4.90 Å². The summed E-state index contributed by atoms with van der Waals surface area (Å²) in [5, 5.41) is 0. The summed E-state index contributed by atoms with van der Waals surface area (Å²) in [5.41, 5.74) is 3.02. The zero-order valence-electron chi connectivity index (χ0n) is 14.7. The van der Waals surface area contributed by atoms with Crippen molar-refractivity contribution in [3.63, 3.8) is 0 Å². The fraction of sp³-hybridized carbons (Fsp3) is 0.368. The molecule has 1 aliphatic heterocycles. The van der Waals surface area contributed by atoms with Gasteiger partial charge in [-0.3, -0.25) is 0 Å². The molecule has 25 heavy (non-hydrogen) atoms. The molecule has 0 N–H and O–H groups in total. The fourth-order valence-corrected chi connectivity index (χ4v) is 4.62. The average Bonchev–Trinajstić information content (AvgIpc) is 2.61. The highest BCUT2D eigenvalue weighted by Crippen LogP contribution is 2.22. The van der Waals surface area contributed by atoms with Gasteiger partial charge >= 0.3 is 0 Å². The van der Waals surface area contributed by atoms with Crippen molar-refractivity contribution in [3.05, 3.63) is 59.7 Å². The summed E-state index contributed by atoms with van der Waals surface area (Å²) in [6, 6.07) is 15.6. The number of anilines is 1. The first-order valence-electron chi connectivity index (χ1n) is 8.40. The van der Waals surface area contributed by atoms with E-state index in [0.29, 0.717) is 26.2 Å². The normalized spacial score (nSPS) is 16.0. The van der Waals surface area contributed by atoms with E-state index < -0.39 is 10.0 Å². The second-order valence-corrected chi connectivity index (χ2v) is 8.30. The van der Waals surface area contributed by atoms with Gasteiger partial charge in [0.15, 0.2) is 0 Å². The molecule has 134 valence electrons. The lowest BCUT2D eigenvalue weighted by Gasteiger charge is -2.35. The second-order valence-electron chi connectivity index (χ2n) is 6.33.